The lowest BCUT2D eigenvalue weighted by atomic mass is 10.2. The van der Waals surface area contributed by atoms with E-state index in [1.165, 1.54) is 11.3 Å². The van der Waals surface area contributed by atoms with Crippen LogP contribution in [0.4, 0.5) is 0 Å². The predicted molar refractivity (Wildman–Crippen MR) is 70.3 cm³/mol. The molecule has 0 aliphatic rings. The SMILES string of the molecule is C=CCNC(=S)NCc1cnn(CC)c1C. The first-order chi connectivity index (χ1) is 7.69. The Kier molecular flexibility index (Phi) is 4.98. The van der Waals surface area contributed by atoms with Crippen LogP contribution in [0.1, 0.15) is 18.2 Å². The zero-order chi connectivity index (χ0) is 12.0. The molecule has 1 aromatic heterocycles. The number of nitrogens with one attached hydrogen (secondary N) is 2. The summed E-state index contributed by atoms with van der Waals surface area (Å²) in [5.74, 6) is 0. The molecule has 5 heteroatoms. The van der Waals surface area contributed by atoms with Crippen molar-refractivity contribution in [1.82, 2.24) is 20.4 Å². The normalized spacial score (nSPS) is 9.88. The summed E-state index contributed by atoms with van der Waals surface area (Å²) in [6.45, 7) is 10.0. The quantitative estimate of drug-likeness (QED) is 0.600. The molecule has 0 fully saturated rings. The predicted octanol–water partition coefficient (Wildman–Crippen LogP) is 1.36. The van der Waals surface area contributed by atoms with E-state index in [0.29, 0.717) is 18.2 Å². The molecule has 16 heavy (non-hydrogen) atoms. The Balaban J connectivity index is 2.45. The number of nitrogens with zero attached hydrogens (tertiary/aromatic N) is 2. The molecular weight excluding hydrogens is 220 g/mol. The maximum Gasteiger partial charge on any atom is 0.166 e. The molecule has 88 valence electrons. The van der Waals surface area contributed by atoms with E-state index in [2.05, 4.69) is 36.2 Å². The first-order valence-corrected chi connectivity index (χ1v) is 5.73. The third-order valence-electron chi connectivity index (χ3n) is 2.35. The lowest BCUT2D eigenvalue weighted by Crippen LogP contribution is -2.34. The average molecular weight is 238 g/mol. The number of hydrogen-bond acceptors (Lipinski definition) is 2. The van der Waals surface area contributed by atoms with Gasteiger partial charge in [-0.15, -0.1) is 6.58 Å². The van der Waals surface area contributed by atoms with Crippen LogP contribution in [-0.2, 0) is 13.1 Å². The monoisotopic (exact) mass is 238 g/mol. The standard InChI is InChI=1S/C11H18N4S/c1-4-6-12-11(16)13-7-10-8-14-15(5-2)9(10)3/h4,8H,1,5-7H2,2-3H3,(H2,12,13,16). The van der Waals surface area contributed by atoms with Crippen molar-refractivity contribution in [3.8, 4) is 0 Å². The van der Waals surface area contributed by atoms with E-state index in [9.17, 15) is 0 Å². The van der Waals surface area contributed by atoms with E-state index in [4.69, 9.17) is 12.2 Å². The van der Waals surface area contributed by atoms with Gasteiger partial charge in [0.15, 0.2) is 5.11 Å². The number of thiocarbonyl (C=S) groups is 1. The van der Waals surface area contributed by atoms with Gasteiger partial charge in [0.1, 0.15) is 0 Å². The van der Waals surface area contributed by atoms with E-state index in [-0.39, 0.29) is 0 Å². The molecule has 0 saturated carbocycles. The molecular formula is C11H18N4S. The summed E-state index contributed by atoms with van der Waals surface area (Å²) < 4.78 is 1.97. The van der Waals surface area contributed by atoms with Gasteiger partial charge in [0, 0.05) is 30.9 Å². The molecule has 0 saturated heterocycles. The lowest BCUT2D eigenvalue weighted by Gasteiger charge is -2.08. The molecule has 0 amide bonds. The largest absolute Gasteiger partial charge is 0.359 e. The Morgan fingerprint density at radius 1 is 1.62 bits per heavy atom. The molecule has 0 bridgehead atoms. The van der Waals surface area contributed by atoms with Crippen LogP contribution in [0.3, 0.4) is 0 Å². The molecule has 0 unspecified atom stereocenters. The van der Waals surface area contributed by atoms with E-state index >= 15 is 0 Å². The van der Waals surface area contributed by atoms with Crippen LogP contribution in [0.5, 0.6) is 0 Å². The summed E-state index contributed by atoms with van der Waals surface area (Å²) >= 11 is 5.10. The fraction of sp³-hybridized carbons (Fsp3) is 0.455. The van der Waals surface area contributed by atoms with Gasteiger partial charge in [0.05, 0.1) is 6.20 Å². The fourth-order valence-electron chi connectivity index (χ4n) is 1.38. The van der Waals surface area contributed by atoms with Crippen molar-refractivity contribution in [1.29, 1.82) is 0 Å². The van der Waals surface area contributed by atoms with Crippen LogP contribution < -0.4 is 10.6 Å². The number of aryl methyl sites for hydroxylation is 1. The third kappa shape index (κ3) is 3.34. The Bertz CT molecular complexity index is 370. The second-order valence-corrected chi connectivity index (χ2v) is 3.83. The van der Waals surface area contributed by atoms with E-state index in [0.717, 1.165) is 6.54 Å². The summed E-state index contributed by atoms with van der Waals surface area (Å²) in [4.78, 5) is 0. The van der Waals surface area contributed by atoms with Crippen molar-refractivity contribution in [2.75, 3.05) is 6.54 Å². The van der Waals surface area contributed by atoms with Crippen LogP contribution in [-0.4, -0.2) is 21.4 Å². The maximum absolute atomic E-state index is 5.10. The Hall–Kier alpha value is -1.36. The van der Waals surface area contributed by atoms with E-state index < -0.39 is 0 Å². The minimum atomic E-state index is 0.642. The smallest absolute Gasteiger partial charge is 0.166 e. The lowest BCUT2D eigenvalue weighted by molar-refractivity contribution is 0.637. The Labute approximate surface area is 102 Å². The van der Waals surface area contributed by atoms with Gasteiger partial charge in [-0.05, 0) is 26.1 Å². The Morgan fingerprint density at radius 3 is 2.94 bits per heavy atom. The second-order valence-electron chi connectivity index (χ2n) is 3.42. The number of hydrogen-bond donors (Lipinski definition) is 2. The molecule has 0 aliphatic heterocycles. The molecule has 0 spiro atoms. The first kappa shape index (κ1) is 12.7. The molecule has 1 heterocycles. The summed E-state index contributed by atoms with van der Waals surface area (Å²) in [5.41, 5.74) is 2.35. The molecule has 1 aromatic rings. The molecule has 1 rings (SSSR count). The van der Waals surface area contributed by atoms with Gasteiger partial charge >= 0.3 is 0 Å². The maximum atomic E-state index is 5.10. The highest BCUT2D eigenvalue weighted by Crippen LogP contribution is 2.06. The van der Waals surface area contributed by atoms with Gasteiger partial charge in [0.2, 0.25) is 0 Å². The second kappa shape index (κ2) is 6.27. The van der Waals surface area contributed by atoms with Gasteiger partial charge in [-0.2, -0.15) is 5.10 Å². The van der Waals surface area contributed by atoms with Crippen molar-refractivity contribution in [2.24, 2.45) is 0 Å². The molecule has 2 N–H and O–H groups in total. The highest BCUT2D eigenvalue weighted by atomic mass is 32.1. The summed E-state index contributed by atoms with van der Waals surface area (Å²) in [7, 11) is 0. The number of aromatic nitrogens is 2. The van der Waals surface area contributed by atoms with E-state index in [1.807, 2.05) is 10.9 Å². The summed E-state index contributed by atoms with van der Waals surface area (Å²) in [6.07, 6.45) is 3.65. The fourth-order valence-corrected chi connectivity index (χ4v) is 1.54. The average Bonchev–Trinajstić information content (AvgIpc) is 2.64. The van der Waals surface area contributed by atoms with Crippen LogP contribution >= 0.6 is 12.2 Å². The Morgan fingerprint density at radius 2 is 2.38 bits per heavy atom. The summed E-state index contributed by atoms with van der Waals surface area (Å²) in [6, 6.07) is 0. The number of rotatable bonds is 5. The molecule has 0 aliphatic carbocycles. The van der Waals surface area contributed by atoms with Crippen molar-refractivity contribution < 1.29 is 0 Å². The van der Waals surface area contributed by atoms with Gasteiger partial charge in [-0.3, -0.25) is 4.68 Å². The topological polar surface area (TPSA) is 41.9 Å². The minimum Gasteiger partial charge on any atom is -0.359 e. The van der Waals surface area contributed by atoms with Gasteiger partial charge < -0.3 is 10.6 Å². The first-order valence-electron chi connectivity index (χ1n) is 5.33. The van der Waals surface area contributed by atoms with Crippen LogP contribution in [0.2, 0.25) is 0 Å². The van der Waals surface area contributed by atoms with Gasteiger partial charge in [-0.25, -0.2) is 0 Å². The zero-order valence-corrected chi connectivity index (χ0v) is 10.6. The molecule has 0 radical (unpaired) electrons. The zero-order valence-electron chi connectivity index (χ0n) is 9.79. The van der Waals surface area contributed by atoms with Crippen LogP contribution in [0.25, 0.3) is 0 Å². The van der Waals surface area contributed by atoms with Gasteiger partial charge in [0.25, 0.3) is 0 Å². The van der Waals surface area contributed by atoms with E-state index in [1.54, 1.807) is 6.08 Å². The highest BCUT2D eigenvalue weighted by Gasteiger charge is 2.04. The van der Waals surface area contributed by atoms with Crippen molar-refractivity contribution in [3.63, 3.8) is 0 Å². The summed E-state index contributed by atoms with van der Waals surface area (Å²) in [5, 5.41) is 11.1. The minimum absolute atomic E-state index is 0.642. The van der Waals surface area contributed by atoms with Crippen molar-refractivity contribution in [2.45, 2.75) is 26.9 Å². The molecule has 0 atom stereocenters. The van der Waals surface area contributed by atoms with Gasteiger partial charge in [-0.1, -0.05) is 6.08 Å². The van der Waals surface area contributed by atoms with Crippen LogP contribution in [0.15, 0.2) is 18.9 Å². The van der Waals surface area contributed by atoms with Crippen molar-refractivity contribution >= 4 is 17.3 Å². The highest BCUT2D eigenvalue weighted by molar-refractivity contribution is 7.80. The van der Waals surface area contributed by atoms with Crippen LogP contribution in [0, 0.1) is 6.92 Å². The molecule has 0 aromatic carbocycles. The third-order valence-corrected chi connectivity index (χ3v) is 2.64. The van der Waals surface area contributed by atoms with Crippen molar-refractivity contribution in [3.05, 3.63) is 30.1 Å². The molecule has 4 nitrogen and oxygen atoms in total.